The van der Waals surface area contributed by atoms with Crippen molar-refractivity contribution in [2.45, 2.75) is 5.92 Å². The number of nitrogens with one attached hydrogen (secondary N) is 2. The van der Waals surface area contributed by atoms with Crippen LogP contribution in [0, 0.1) is 5.92 Å². The number of esters is 1. The molecule has 1 saturated heterocycles. The van der Waals surface area contributed by atoms with Crippen molar-refractivity contribution in [3.63, 3.8) is 0 Å². The second-order valence-electron chi connectivity index (χ2n) is 3.54. The summed E-state index contributed by atoms with van der Waals surface area (Å²) in [5.41, 5.74) is 1.17. The van der Waals surface area contributed by atoms with Gasteiger partial charge in [-0.05, 0) is 11.6 Å². The summed E-state index contributed by atoms with van der Waals surface area (Å²) in [5, 5.41) is 3.21. The van der Waals surface area contributed by atoms with Gasteiger partial charge in [-0.3, -0.25) is 4.79 Å². The molecular weight excluding hydrogens is 180 g/mol. The Morgan fingerprint density at radius 2 is 2.43 bits per heavy atom. The SMILES string of the molecule is COC(=O)C1CNCC1c1cc[nH]c1. The first kappa shape index (κ1) is 9.27. The van der Waals surface area contributed by atoms with Crippen molar-refractivity contribution in [2.75, 3.05) is 20.2 Å². The van der Waals surface area contributed by atoms with Gasteiger partial charge in [-0.2, -0.15) is 0 Å². The third-order valence-corrected chi connectivity index (χ3v) is 2.77. The van der Waals surface area contributed by atoms with E-state index in [1.54, 1.807) is 0 Å². The monoisotopic (exact) mass is 194 g/mol. The summed E-state index contributed by atoms with van der Waals surface area (Å²) in [6.45, 7) is 1.56. The molecule has 2 atom stereocenters. The van der Waals surface area contributed by atoms with Crippen molar-refractivity contribution in [1.82, 2.24) is 10.3 Å². The van der Waals surface area contributed by atoms with E-state index in [-0.39, 0.29) is 17.8 Å². The lowest BCUT2D eigenvalue weighted by molar-refractivity contribution is -0.145. The van der Waals surface area contributed by atoms with Gasteiger partial charge in [0, 0.05) is 31.4 Å². The van der Waals surface area contributed by atoms with E-state index < -0.39 is 0 Å². The maximum Gasteiger partial charge on any atom is 0.310 e. The smallest absolute Gasteiger partial charge is 0.310 e. The minimum atomic E-state index is -0.124. The molecule has 0 radical (unpaired) electrons. The lowest BCUT2D eigenvalue weighted by Gasteiger charge is -2.14. The van der Waals surface area contributed by atoms with Gasteiger partial charge in [-0.25, -0.2) is 0 Å². The first-order valence-electron chi connectivity index (χ1n) is 4.74. The predicted octanol–water partition coefficient (Wildman–Crippen LogP) is 0.491. The molecule has 4 heteroatoms. The van der Waals surface area contributed by atoms with Crippen LogP contribution in [0.15, 0.2) is 18.5 Å². The number of carbonyl (C=O) groups is 1. The van der Waals surface area contributed by atoms with Gasteiger partial charge in [0.25, 0.3) is 0 Å². The third-order valence-electron chi connectivity index (χ3n) is 2.77. The van der Waals surface area contributed by atoms with Crippen LogP contribution in [0.1, 0.15) is 11.5 Å². The minimum Gasteiger partial charge on any atom is -0.469 e. The lowest BCUT2D eigenvalue weighted by atomic mass is 9.91. The zero-order valence-corrected chi connectivity index (χ0v) is 8.12. The molecule has 4 nitrogen and oxygen atoms in total. The molecular formula is C10H14N2O2. The Morgan fingerprint density at radius 3 is 3.07 bits per heavy atom. The largest absolute Gasteiger partial charge is 0.469 e. The second-order valence-corrected chi connectivity index (χ2v) is 3.54. The average Bonchev–Trinajstić information content (AvgIpc) is 2.85. The van der Waals surface area contributed by atoms with Crippen LogP contribution >= 0.6 is 0 Å². The van der Waals surface area contributed by atoms with Gasteiger partial charge in [0.1, 0.15) is 0 Å². The van der Waals surface area contributed by atoms with Crippen molar-refractivity contribution < 1.29 is 9.53 Å². The van der Waals surface area contributed by atoms with E-state index in [0.717, 1.165) is 6.54 Å². The van der Waals surface area contributed by atoms with Gasteiger partial charge in [0.05, 0.1) is 13.0 Å². The molecule has 1 aliphatic rings. The summed E-state index contributed by atoms with van der Waals surface area (Å²) in [4.78, 5) is 14.5. The van der Waals surface area contributed by atoms with E-state index >= 15 is 0 Å². The number of aromatic amines is 1. The fourth-order valence-electron chi connectivity index (χ4n) is 2.00. The molecule has 1 aliphatic heterocycles. The van der Waals surface area contributed by atoms with Crippen LogP contribution < -0.4 is 5.32 Å². The van der Waals surface area contributed by atoms with Crippen LogP contribution in [-0.2, 0) is 9.53 Å². The summed E-state index contributed by atoms with van der Waals surface area (Å²) < 4.78 is 4.77. The van der Waals surface area contributed by atoms with Crippen molar-refractivity contribution in [3.8, 4) is 0 Å². The first-order chi connectivity index (χ1) is 6.83. The van der Waals surface area contributed by atoms with E-state index in [4.69, 9.17) is 4.74 Å². The highest BCUT2D eigenvalue weighted by Gasteiger charge is 2.34. The van der Waals surface area contributed by atoms with Crippen LogP contribution in [0.4, 0.5) is 0 Å². The standard InChI is InChI=1S/C10H14N2O2/c1-14-10(13)9-6-12-5-8(9)7-2-3-11-4-7/h2-4,8-9,11-12H,5-6H2,1H3. The molecule has 1 aromatic rings. The highest BCUT2D eigenvalue weighted by molar-refractivity contribution is 5.74. The van der Waals surface area contributed by atoms with Gasteiger partial charge in [0.2, 0.25) is 0 Å². The number of H-pyrrole nitrogens is 1. The van der Waals surface area contributed by atoms with Crippen molar-refractivity contribution in [1.29, 1.82) is 0 Å². The molecule has 76 valence electrons. The topological polar surface area (TPSA) is 54.1 Å². The van der Waals surface area contributed by atoms with E-state index in [9.17, 15) is 4.79 Å². The Kier molecular flexibility index (Phi) is 2.54. The number of carbonyl (C=O) groups excluding carboxylic acids is 1. The van der Waals surface area contributed by atoms with Crippen molar-refractivity contribution in [3.05, 3.63) is 24.0 Å². The average molecular weight is 194 g/mol. The molecule has 2 N–H and O–H groups in total. The Morgan fingerprint density at radius 1 is 1.57 bits per heavy atom. The normalized spacial score (nSPS) is 26.4. The summed E-state index contributed by atoms with van der Waals surface area (Å²) in [6.07, 6.45) is 3.82. The van der Waals surface area contributed by atoms with E-state index in [1.807, 2.05) is 18.5 Å². The summed E-state index contributed by atoms with van der Waals surface area (Å²) >= 11 is 0. The molecule has 0 saturated carbocycles. The van der Waals surface area contributed by atoms with E-state index in [1.165, 1.54) is 12.7 Å². The van der Waals surface area contributed by atoms with Crippen LogP contribution in [0.5, 0.6) is 0 Å². The predicted molar refractivity (Wildman–Crippen MR) is 51.9 cm³/mol. The summed E-state index contributed by atoms with van der Waals surface area (Å²) in [5.74, 6) is 0.0747. The molecule has 0 aromatic carbocycles. The number of hydrogen-bond acceptors (Lipinski definition) is 3. The second kappa shape index (κ2) is 3.84. The van der Waals surface area contributed by atoms with Gasteiger partial charge in [0.15, 0.2) is 0 Å². The number of methoxy groups -OCH3 is 1. The fourth-order valence-corrected chi connectivity index (χ4v) is 2.00. The highest BCUT2D eigenvalue weighted by Crippen LogP contribution is 2.28. The van der Waals surface area contributed by atoms with Gasteiger partial charge in [-0.15, -0.1) is 0 Å². The molecule has 2 heterocycles. The summed E-state index contributed by atoms with van der Waals surface area (Å²) in [6, 6.07) is 2.01. The third kappa shape index (κ3) is 1.53. The lowest BCUT2D eigenvalue weighted by Crippen LogP contribution is -2.22. The molecule has 1 aromatic heterocycles. The Labute approximate surface area is 82.6 Å². The van der Waals surface area contributed by atoms with Gasteiger partial charge in [-0.1, -0.05) is 0 Å². The molecule has 14 heavy (non-hydrogen) atoms. The van der Waals surface area contributed by atoms with Gasteiger partial charge < -0.3 is 15.0 Å². The molecule has 0 spiro atoms. The van der Waals surface area contributed by atoms with Crippen molar-refractivity contribution >= 4 is 5.97 Å². The number of rotatable bonds is 2. The van der Waals surface area contributed by atoms with Crippen LogP contribution in [0.3, 0.4) is 0 Å². The highest BCUT2D eigenvalue weighted by atomic mass is 16.5. The molecule has 0 aliphatic carbocycles. The molecule has 2 unspecified atom stereocenters. The summed E-state index contributed by atoms with van der Waals surface area (Å²) in [7, 11) is 1.44. The van der Waals surface area contributed by atoms with Gasteiger partial charge >= 0.3 is 5.97 Å². The Hall–Kier alpha value is -1.29. The number of ether oxygens (including phenoxy) is 1. The molecule has 0 bridgehead atoms. The number of hydrogen-bond donors (Lipinski definition) is 2. The minimum absolute atomic E-state index is 0.0456. The van der Waals surface area contributed by atoms with Crippen LogP contribution in [0.25, 0.3) is 0 Å². The zero-order chi connectivity index (χ0) is 9.97. The fraction of sp³-hybridized carbons (Fsp3) is 0.500. The molecule has 1 fully saturated rings. The van der Waals surface area contributed by atoms with Crippen LogP contribution in [-0.4, -0.2) is 31.2 Å². The Balaban J connectivity index is 2.15. The number of aromatic nitrogens is 1. The molecule has 0 amide bonds. The van der Waals surface area contributed by atoms with Crippen molar-refractivity contribution in [2.24, 2.45) is 5.92 Å². The maximum absolute atomic E-state index is 11.4. The van der Waals surface area contributed by atoms with E-state index in [0.29, 0.717) is 6.54 Å². The first-order valence-corrected chi connectivity index (χ1v) is 4.74. The zero-order valence-electron chi connectivity index (χ0n) is 8.12. The maximum atomic E-state index is 11.4. The van der Waals surface area contributed by atoms with Crippen LogP contribution in [0.2, 0.25) is 0 Å². The van der Waals surface area contributed by atoms with E-state index in [2.05, 4.69) is 10.3 Å². The quantitative estimate of drug-likeness (QED) is 0.674. The molecule has 2 rings (SSSR count). The Bertz CT molecular complexity index is 308.